The Morgan fingerprint density at radius 3 is 2.42 bits per heavy atom. The lowest BCUT2D eigenvalue weighted by molar-refractivity contribution is 0.398. The predicted octanol–water partition coefficient (Wildman–Crippen LogP) is 2.67. The summed E-state index contributed by atoms with van der Waals surface area (Å²) in [6, 6.07) is 13.0. The molecule has 0 radical (unpaired) electrons. The molecule has 2 aromatic carbocycles. The first kappa shape index (κ1) is 18.3. The summed E-state index contributed by atoms with van der Waals surface area (Å²) in [4.78, 5) is 0. The summed E-state index contributed by atoms with van der Waals surface area (Å²) in [5.74, 6) is 1.41. The van der Waals surface area contributed by atoms with Crippen molar-refractivity contribution in [1.82, 2.24) is 4.72 Å². The van der Waals surface area contributed by atoms with Crippen molar-refractivity contribution < 1.29 is 17.9 Å². The van der Waals surface area contributed by atoms with Gasteiger partial charge in [0.25, 0.3) is 0 Å². The number of sulfonamides is 1. The maximum absolute atomic E-state index is 12.3. The Labute approximate surface area is 143 Å². The van der Waals surface area contributed by atoms with Gasteiger partial charge >= 0.3 is 0 Å². The minimum absolute atomic E-state index is 0.0189. The summed E-state index contributed by atoms with van der Waals surface area (Å²) in [5, 5.41) is 0. The van der Waals surface area contributed by atoms with E-state index in [1.54, 1.807) is 14.2 Å². The van der Waals surface area contributed by atoms with Crippen LogP contribution in [0.3, 0.4) is 0 Å². The van der Waals surface area contributed by atoms with Gasteiger partial charge in [-0.25, -0.2) is 13.1 Å². The van der Waals surface area contributed by atoms with Gasteiger partial charge in [0.2, 0.25) is 10.0 Å². The molecule has 5 nitrogen and oxygen atoms in total. The Balaban J connectivity index is 1.99. The van der Waals surface area contributed by atoms with E-state index in [1.807, 2.05) is 49.4 Å². The molecule has 0 fully saturated rings. The van der Waals surface area contributed by atoms with Crippen molar-refractivity contribution in [1.29, 1.82) is 0 Å². The lowest BCUT2D eigenvalue weighted by atomic mass is 10.1. The molecule has 24 heavy (non-hydrogen) atoms. The summed E-state index contributed by atoms with van der Waals surface area (Å²) >= 11 is 0. The van der Waals surface area contributed by atoms with Gasteiger partial charge in [0, 0.05) is 6.54 Å². The van der Waals surface area contributed by atoms with E-state index in [1.165, 1.54) is 0 Å². The number of hydrogen-bond donors (Lipinski definition) is 1. The summed E-state index contributed by atoms with van der Waals surface area (Å²) < 4.78 is 37.7. The van der Waals surface area contributed by atoms with Crippen molar-refractivity contribution in [3.05, 3.63) is 59.2 Å². The van der Waals surface area contributed by atoms with Crippen LogP contribution in [0.5, 0.6) is 11.5 Å². The van der Waals surface area contributed by atoms with E-state index in [4.69, 9.17) is 9.47 Å². The second kappa shape index (κ2) is 8.17. The summed E-state index contributed by atoms with van der Waals surface area (Å²) in [6.07, 6.45) is 0.521. The fourth-order valence-corrected chi connectivity index (χ4v) is 3.69. The lowest BCUT2D eigenvalue weighted by Gasteiger charge is -2.12. The number of benzene rings is 2. The monoisotopic (exact) mass is 349 g/mol. The maximum Gasteiger partial charge on any atom is 0.215 e. The maximum atomic E-state index is 12.3. The lowest BCUT2D eigenvalue weighted by Crippen LogP contribution is -2.27. The van der Waals surface area contributed by atoms with Gasteiger partial charge in [-0.3, -0.25) is 0 Å². The minimum Gasteiger partial charge on any atom is -0.497 e. The Hall–Kier alpha value is -2.05. The second-order valence-corrected chi connectivity index (χ2v) is 7.31. The first-order chi connectivity index (χ1) is 11.4. The molecular formula is C18H23NO4S. The van der Waals surface area contributed by atoms with E-state index in [9.17, 15) is 8.42 Å². The number of nitrogens with one attached hydrogen (secondary N) is 1. The number of ether oxygens (including phenoxy) is 2. The van der Waals surface area contributed by atoms with Crippen LogP contribution in [0.2, 0.25) is 0 Å². The van der Waals surface area contributed by atoms with Crippen molar-refractivity contribution in [2.75, 3.05) is 20.8 Å². The quantitative estimate of drug-likeness (QED) is 0.796. The van der Waals surface area contributed by atoms with Crippen molar-refractivity contribution >= 4 is 10.0 Å². The zero-order valence-electron chi connectivity index (χ0n) is 14.2. The van der Waals surface area contributed by atoms with Crippen LogP contribution >= 0.6 is 0 Å². The number of hydrogen-bond acceptors (Lipinski definition) is 4. The molecule has 2 rings (SSSR count). The average Bonchev–Trinajstić information content (AvgIpc) is 2.56. The fraction of sp³-hybridized carbons (Fsp3) is 0.333. The SMILES string of the molecule is COc1ccc(OC)c(CCNS(=O)(=O)Cc2ccccc2C)c1. The van der Waals surface area contributed by atoms with Gasteiger partial charge in [0.15, 0.2) is 0 Å². The minimum atomic E-state index is -3.38. The van der Waals surface area contributed by atoms with Gasteiger partial charge in [-0.2, -0.15) is 0 Å². The van der Waals surface area contributed by atoms with Crippen LogP contribution in [0.25, 0.3) is 0 Å². The standard InChI is InChI=1S/C18H23NO4S/c1-14-6-4-5-7-16(14)13-24(20,21)19-11-10-15-12-17(22-2)8-9-18(15)23-3/h4-9,12,19H,10-11,13H2,1-3H3. The van der Waals surface area contributed by atoms with Gasteiger partial charge in [-0.15, -0.1) is 0 Å². The molecule has 6 heteroatoms. The van der Waals surface area contributed by atoms with Crippen LogP contribution in [0.15, 0.2) is 42.5 Å². The molecule has 0 aliphatic carbocycles. The van der Waals surface area contributed by atoms with Gasteiger partial charge in [0.1, 0.15) is 11.5 Å². The van der Waals surface area contributed by atoms with E-state index >= 15 is 0 Å². The van der Waals surface area contributed by atoms with Crippen molar-refractivity contribution in [3.63, 3.8) is 0 Å². The Morgan fingerprint density at radius 1 is 1.00 bits per heavy atom. The highest BCUT2D eigenvalue weighted by atomic mass is 32.2. The van der Waals surface area contributed by atoms with Crippen LogP contribution < -0.4 is 14.2 Å². The van der Waals surface area contributed by atoms with Crippen molar-refractivity contribution in [2.45, 2.75) is 19.1 Å². The largest absolute Gasteiger partial charge is 0.497 e. The van der Waals surface area contributed by atoms with E-state index < -0.39 is 10.0 Å². The molecule has 0 amide bonds. The third-order valence-electron chi connectivity index (χ3n) is 3.81. The molecule has 0 spiro atoms. The molecule has 1 N–H and O–H groups in total. The van der Waals surface area contributed by atoms with Gasteiger partial charge in [0.05, 0.1) is 20.0 Å². The Morgan fingerprint density at radius 2 is 1.75 bits per heavy atom. The highest BCUT2D eigenvalue weighted by molar-refractivity contribution is 7.88. The summed E-state index contributed by atoms with van der Waals surface area (Å²) in [5.41, 5.74) is 2.68. The molecule has 0 saturated heterocycles. The molecule has 0 aliphatic heterocycles. The number of rotatable bonds is 8. The van der Waals surface area contributed by atoms with Gasteiger partial charge in [-0.1, -0.05) is 24.3 Å². The zero-order valence-corrected chi connectivity index (χ0v) is 15.0. The Kier molecular flexibility index (Phi) is 6.23. The highest BCUT2D eigenvalue weighted by Crippen LogP contribution is 2.24. The third kappa shape index (κ3) is 4.97. The van der Waals surface area contributed by atoms with E-state index in [0.717, 1.165) is 16.7 Å². The topological polar surface area (TPSA) is 64.6 Å². The number of methoxy groups -OCH3 is 2. The molecule has 0 atom stereocenters. The fourth-order valence-electron chi connectivity index (χ4n) is 2.45. The molecule has 0 unspecified atom stereocenters. The van der Waals surface area contributed by atoms with Crippen LogP contribution in [0.4, 0.5) is 0 Å². The first-order valence-corrected chi connectivity index (χ1v) is 9.33. The molecule has 130 valence electrons. The van der Waals surface area contributed by atoms with E-state index in [-0.39, 0.29) is 5.75 Å². The summed E-state index contributed by atoms with van der Waals surface area (Å²) in [7, 11) is -0.200. The van der Waals surface area contributed by atoms with Crippen LogP contribution in [0, 0.1) is 6.92 Å². The van der Waals surface area contributed by atoms with Crippen LogP contribution in [-0.2, 0) is 22.2 Å². The molecule has 0 aliphatic rings. The zero-order chi connectivity index (χ0) is 17.6. The molecular weight excluding hydrogens is 326 g/mol. The predicted molar refractivity (Wildman–Crippen MR) is 95.1 cm³/mol. The first-order valence-electron chi connectivity index (χ1n) is 7.68. The van der Waals surface area contributed by atoms with Crippen molar-refractivity contribution in [3.8, 4) is 11.5 Å². The molecule has 0 heterocycles. The smallest absolute Gasteiger partial charge is 0.215 e. The van der Waals surface area contributed by atoms with E-state index in [2.05, 4.69) is 4.72 Å². The van der Waals surface area contributed by atoms with Gasteiger partial charge in [-0.05, 0) is 48.2 Å². The highest BCUT2D eigenvalue weighted by Gasteiger charge is 2.13. The van der Waals surface area contributed by atoms with Crippen molar-refractivity contribution in [2.24, 2.45) is 0 Å². The van der Waals surface area contributed by atoms with E-state index in [0.29, 0.717) is 24.5 Å². The molecule has 0 bridgehead atoms. The normalized spacial score (nSPS) is 11.3. The summed E-state index contributed by atoms with van der Waals surface area (Å²) in [6.45, 7) is 2.21. The average molecular weight is 349 g/mol. The van der Waals surface area contributed by atoms with Crippen LogP contribution in [0.1, 0.15) is 16.7 Å². The number of aryl methyl sites for hydroxylation is 1. The molecule has 0 aromatic heterocycles. The Bertz CT molecular complexity index is 787. The van der Waals surface area contributed by atoms with Gasteiger partial charge < -0.3 is 9.47 Å². The molecule has 2 aromatic rings. The van der Waals surface area contributed by atoms with Crippen LogP contribution in [-0.4, -0.2) is 29.2 Å². The second-order valence-electron chi connectivity index (χ2n) is 5.51. The molecule has 0 saturated carbocycles. The third-order valence-corrected chi connectivity index (χ3v) is 5.15.